The minimum absolute atomic E-state index is 0.0794. The zero-order valence-corrected chi connectivity index (χ0v) is 17.2. The fourth-order valence-corrected chi connectivity index (χ4v) is 3.55. The molecule has 3 aromatic rings. The van der Waals surface area contributed by atoms with E-state index in [0.29, 0.717) is 34.8 Å². The Hall–Kier alpha value is -4.31. The lowest BCUT2D eigenvalue weighted by Crippen LogP contribution is -2.21. The minimum atomic E-state index is -0.602. The van der Waals surface area contributed by atoms with Gasteiger partial charge in [-0.15, -0.1) is 0 Å². The molecule has 0 saturated heterocycles. The second-order valence-corrected chi connectivity index (χ2v) is 7.03. The van der Waals surface area contributed by atoms with Gasteiger partial charge in [0, 0.05) is 11.6 Å². The number of nitriles is 1. The summed E-state index contributed by atoms with van der Waals surface area (Å²) in [5.41, 5.74) is 7.69. The van der Waals surface area contributed by atoms with Gasteiger partial charge in [0.2, 0.25) is 5.88 Å². The average Bonchev–Trinajstić information content (AvgIpc) is 2.78. The van der Waals surface area contributed by atoms with Crippen molar-refractivity contribution in [2.24, 2.45) is 5.73 Å². The van der Waals surface area contributed by atoms with E-state index in [-0.39, 0.29) is 17.2 Å². The van der Waals surface area contributed by atoms with Crippen LogP contribution in [0.1, 0.15) is 34.3 Å². The maximum Gasteiger partial charge on any atom is 0.343 e. The van der Waals surface area contributed by atoms with Gasteiger partial charge in [-0.25, -0.2) is 9.18 Å². The normalized spacial score (nSPS) is 14.7. The third kappa shape index (κ3) is 4.12. The molecule has 6 nitrogen and oxygen atoms in total. The summed E-state index contributed by atoms with van der Waals surface area (Å²) in [5.74, 6) is -0.426. The average molecular weight is 430 g/mol. The van der Waals surface area contributed by atoms with Crippen molar-refractivity contribution in [3.05, 3.63) is 101 Å². The molecule has 0 bridgehead atoms. The predicted molar refractivity (Wildman–Crippen MR) is 115 cm³/mol. The molecule has 0 fully saturated rings. The van der Waals surface area contributed by atoms with Crippen LogP contribution in [-0.2, 0) is 0 Å². The van der Waals surface area contributed by atoms with Crippen molar-refractivity contribution in [1.82, 2.24) is 0 Å². The van der Waals surface area contributed by atoms with Gasteiger partial charge in [0.05, 0.1) is 18.1 Å². The Morgan fingerprint density at radius 1 is 1.12 bits per heavy atom. The molecule has 1 aliphatic heterocycles. The summed E-state index contributed by atoms with van der Waals surface area (Å²) in [7, 11) is 0. The predicted octanol–water partition coefficient (Wildman–Crippen LogP) is 4.66. The highest BCUT2D eigenvalue weighted by Gasteiger charge is 2.31. The van der Waals surface area contributed by atoms with Gasteiger partial charge in [-0.05, 0) is 55.0 Å². The van der Waals surface area contributed by atoms with Crippen molar-refractivity contribution in [1.29, 1.82) is 5.26 Å². The summed E-state index contributed by atoms with van der Waals surface area (Å²) in [6.45, 7) is 2.40. The van der Waals surface area contributed by atoms with Crippen LogP contribution in [0.3, 0.4) is 0 Å². The van der Waals surface area contributed by atoms with Gasteiger partial charge in [-0.2, -0.15) is 5.26 Å². The lowest BCUT2D eigenvalue weighted by molar-refractivity contribution is 0.0734. The van der Waals surface area contributed by atoms with Crippen LogP contribution in [-0.4, -0.2) is 12.6 Å². The first-order valence-corrected chi connectivity index (χ1v) is 9.92. The molecule has 4 rings (SSSR count). The number of carbonyl (C=O) groups excluding carboxylic acids is 1. The number of hydrogen-bond donors (Lipinski definition) is 1. The first kappa shape index (κ1) is 20.9. The number of carbonyl (C=O) groups is 1. The number of halogens is 1. The molecule has 1 unspecified atom stereocenters. The molecule has 0 saturated carbocycles. The maximum atomic E-state index is 13.8. The van der Waals surface area contributed by atoms with Crippen LogP contribution >= 0.6 is 0 Å². The van der Waals surface area contributed by atoms with Gasteiger partial charge < -0.3 is 19.9 Å². The van der Waals surface area contributed by atoms with Gasteiger partial charge in [-0.1, -0.05) is 18.2 Å². The highest BCUT2D eigenvalue weighted by Crippen LogP contribution is 2.43. The van der Waals surface area contributed by atoms with Crippen LogP contribution in [0.2, 0.25) is 0 Å². The van der Waals surface area contributed by atoms with E-state index >= 15 is 0 Å². The summed E-state index contributed by atoms with van der Waals surface area (Å²) in [6.07, 6.45) is 0. The molecule has 7 heteroatoms. The van der Waals surface area contributed by atoms with E-state index in [1.165, 1.54) is 18.2 Å². The summed E-state index contributed by atoms with van der Waals surface area (Å²) in [6, 6.07) is 19.4. The standard InChI is InChI=1S/C25H19FN2O4/c1-2-30-18-8-6-15(7-9-18)25(29)31-19-10-11-20-22(13-19)32-24(28)21(14-27)23(20)16-4-3-5-17(26)12-16/h3-13,23H,2,28H2,1H3. The van der Waals surface area contributed by atoms with E-state index in [1.807, 2.05) is 6.92 Å². The lowest BCUT2D eigenvalue weighted by atomic mass is 9.83. The number of nitrogens with two attached hydrogens (primary N) is 1. The van der Waals surface area contributed by atoms with Crippen molar-refractivity contribution in [2.45, 2.75) is 12.8 Å². The molecule has 0 aliphatic carbocycles. The quantitative estimate of drug-likeness (QED) is 0.467. The molecule has 160 valence electrons. The number of allylic oxidation sites excluding steroid dienone is 1. The Labute approximate surface area is 184 Å². The number of esters is 1. The fourth-order valence-electron chi connectivity index (χ4n) is 3.55. The van der Waals surface area contributed by atoms with E-state index in [2.05, 4.69) is 6.07 Å². The van der Waals surface area contributed by atoms with E-state index in [9.17, 15) is 14.4 Å². The molecule has 2 N–H and O–H groups in total. The van der Waals surface area contributed by atoms with Crippen LogP contribution in [0.5, 0.6) is 17.2 Å². The smallest absolute Gasteiger partial charge is 0.343 e. The van der Waals surface area contributed by atoms with Crippen LogP contribution in [0.4, 0.5) is 4.39 Å². The molecule has 0 spiro atoms. The Kier molecular flexibility index (Phi) is 5.77. The number of nitrogens with zero attached hydrogens (tertiary/aromatic N) is 1. The zero-order chi connectivity index (χ0) is 22.7. The van der Waals surface area contributed by atoms with Crippen LogP contribution in [0, 0.1) is 17.1 Å². The third-order valence-electron chi connectivity index (χ3n) is 4.98. The Morgan fingerprint density at radius 3 is 2.56 bits per heavy atom. The molecule has 1 heterocycles. The zero-order valence-electron chi connectivity index (χ0n) is 17.2. The number of benzene rings is 3. The van der Waals surface area contributed by atoms with Crippen molar-refractivity contribution in [2.75, 3.05) is 6.61 Å². The van der Waals surface area contributed by atoms with E-state index in [0.717, 1.165) is 0 Å². The van der Waals surface area contributed by atoms with Gasteiger partial charge in [0.1, 0.15) is 34.7 Å². The fraction of sp³-hybridized carbons (Fsp3) is 0.120. The van der Waals surface area contributed by atoms with Gasteiger partial charge in [0.15, 0.2) is 0 Å². The van der Waals surface area contributed by atoms with Crippen molar-refractivity contribution in [3.8, 4) is 23.3 Å². The first-order valence-electron chi connectivity index (χ1n) is 9.92. The Balaban J connectivity index is 1.63. The highest BCUT2D eigenvalue weighted by atomic mass is 19.1. The van der Waals surface area contributed by atoms with Crippen LogP contribution in [0.25, 0.3) is 0 Å². The number of hydrogen-bond acceptors (Lipinski definition) is 6. The molecule has 3 aromatic carbocycles. The summed E-state index contributed by atoms with van der Waals surface area (Å²) >= 11 is 0. The number of fused-ring (bicyclic) bond motifs is 1. The number of rotatable bonds is 5. The second kappa shape index (κ2) is 8.82. The highest BCUT2D eigenvalue weighted by molar-refractivity contribution is 5.91. The van der Waals surface area contributed by atoms with Crippen LogP contribution in [0.15, 0.2) is 78.2 Å². The molecule has 0 aromatic heterocycles. The van der Waals surface area contributed by atoms with Crippen molar-refractivity contribution in [3.63, 3.8) is 0 Å². The molecular weight excluding hydrogens is 411 g/mol. The van der Waals surface area contributed by atoms with Gasteiger partial charge in [0.25, 0.3) is 0 Å². The third-order valence-corrected chi connectivity index (χ3v) is 4.98. The summed E-state index contributed by atoms with van der Waals surface area (Å²) < 4.78 is 30.3. The summed E-state index contributed by atoms with van der Waals surface area (Å²) in [4.78, 5) is 12.5. The van der Waals surface area contributed by atoms with Crippen molar-refractivity contribution < 1.29 is 23.4 Å². The van der Waals surface area contributed by atoms with E-state index < -0.39 is 17.7 Å². The number of ether oxygens (including phenoxy) is 3. The summed E-state index contributed by atoms with van der Waals surface area (Å²) in [5, 5.41) is 9.60. The van der Waals surface area contributed by atoms with Gasteiger partial charge in [-0.3, -0.25) is 0 Å². The molecule has 0 radical (unpaired) electrons. The SMILES string of the molecule is CCOc1ccc(C(=O)Oc2ccc3c(c2)OC(N)=C(C#N)C3c2cccc(F)c2)cc1. The Morgan fingerprint density at radius 2 is 1.88 bits per heavy atom. The Bertz CT molecular complexity index is 1250. The molecule has 1 aliphatic rings. The van der Waals surface area contributed by atoms with Crippen molar-refractivity contribution >= 4 is 5.97 Å². The van der Waals surface area contributed by atoms with Crippen LogP contribution < -0.4 is 19.9 Å². The molecule has 0 amide bonds. The second-order valence-electron chi connectivity index (χ2n) is 7.03. The van der Waals surface area contributed by atoms with E-state index in [4.69, 9.17) is 19.9 Å². The lowest BCUT2D eigenvalue weighted by Gasteiger charge is -2.26. The van der Waals surface area contributed by atoms with E-state index in [1.54, 1.807) is 48.5 Å². The largest absolute Gasteiger partial charge is 0.494 e. The monoisotopic (exact) mass is 430 g/mol. The molecule has 1 atom stereocenters. The minimum Gasteiger partial charge on any atom is -0.494 e. The first-order chi connectivity index (χ1) is 15.5. The van der Waals surface area contributed by atoms with Gasteiger partial charge >= 0.3 is 5.97 Å². The molecular formula is C25H19FN2O4. The maximum absolute atomic E-state index is 13.8. The molecule has 32 heavy (non-hydrogen) atoms. The topological polar surface area (TPSA) is 94.6 Å².